The number of hydrogen-bond donors (Lipinski definition) is 0. The zero-order chi connectivity index (χ0) is 11.3. The highest BCUT2D eigenvalue weighted by Crippen LogP contribution is 2.60. The lowest BCUT2D eigenvalue weighted by Gasteiger charge is -2.22. The number of hydrogen-bond acceptors (Lipinski definition) is 2. The predicted molar refractivity (Wildman–Crippen MR) is 63.2 cm³/mol. The molecule has 2 aliphatic carbocycles. The fourth-order valence-corrected chi connectivity index (χ4v) is 3.36. The summed E-state index contributed by atoms with van der Waals surface area (Å²) in [5.41, 5.74) is 0.116. The van der Waals surface area contributed by atoms with Crippen LogP contribution >= 0.6 is 0 Å². The molecule has 1 aromatic heterocycles. The van der Waals surface area contributed by atoms with Crippen LogP contribution in [0.4, 0.5) is 0 Å². The van der Waals surface area contributed by atoms with Gasteiger partial charge in [0.05, 0.1) is 0 Å². The van der Waals surface area contributed by atoms with Crippen LogP contribution in [0, 0.1) is 11.8 Å². The molecule has 3 rings (SSSR count). The third-order valence-electron chi connectivity index (χ3n) is 4.25. The maximum absolute atomic E-state index is 4.38. The molecule has 2 unspecified atom stereocenters. The summed E-state index contributed by atoms with van der Waals surface area (Å²) in [6.07, 6.45) is 7.56. The average molecular weight is 219 g/mol. The second-order valence-corrected chi connectivity index (χ2v) is 6.37. The molecule has 0 N–H and O–H groups in total. The molecule has 16 heavy (non-hydrogen) atoms. The summed E-state index contributed by atoms with van der Waals surface area (Å²) in [5, 5.41) is 8.50. The molecule has 1 aromatic rings. The van der Waals surface area contributed by atoms with Gasteiger partial charge in [-0.05, 0) is 45.4 Å². The van der Waals surface area contributed by atoms with Crippen LogP contribution in [0.2, 0.25) is 0 Å². The summed E-state index contributed by atoms with van der Waals surface area (Å²) >= 11 is 0. The standard InChI is InChI=1S/C13H21N3/c1-13(2,3)16-8-14-15-12(16)11-9-6-4-5-7-10(9)11/h8-11H,4-7H2,1-3H3. The van der Waals surface area contributed by atoms with Crippen LogP contribution < -0.4 is 0 Å². The number of rotatable bonds is 1. The van der Waals surface area contributed by atoms with Gasteiger partial charge in [-0.3, -0.25) is 0 Å². The molecule has 3 nitrogen and oxygen atoms in total. The van der Waals surface area contributed by atoms with E-state index in [0.29, 0.717) is 5.92 Å². The van der Waals surface area contributed by atoms with Crippen molar-refractivity contribution >= 4 is 0 Å². The Morgan fingerprint density at radius 1 is 1.19 bits per heavy atom. The summed E-state index contributed by atoms with van der Waals surface area (Å²) in [7, 11) is 0. The van der Waals surface area contributed by atoms with Gasteiger partial charge in [-0.25, -0.2) is 0 Å². The van der Waals surface area contributed by atoms with Gasteiger partial charge in [-0.15, -0.1) is 10.2 Å². The Balaban J connectivity index is 1.88. The minimum atomic E-state index is 0.116. The van der Waals surface area contributed by atoms with Gasteiger partial charge >= 0.3 is 0 Å². The van der Waals surface area contributed by atoms with E-state index in [4.69, 9.17) is 0 Å². The molecule has 1 heterocycles. The van der Waals surface area contributed by atoms with Crippen molar-refractivity contribution in [1.29, 1.82) is 0 Å². The Morgan fingerprint density at radius 3 is 2.38 bits per heavy atom. The summed E-state index contributed by atoms with van der Waals surface area (Å²) in [4.78, 5) is 0. The third-order valence-corrected chi connectivity index (χ3v) is 4.25. The van der Waals surface area contributed by atoms with Crippen molar-refractivity contribution in [1.82, 2.24) is 14.8 Å². The highest BCUT2D eigenvalue weighted by molar-refractivity contribution is 5.17. The van der Waals surface area contributed by atoms with Crippen molar-refractivity contribution in [2.45, 2.75) is 57.9 Å². The van der Waals surface area contributed by atoms with Gasteiger partial charge in [-0.1, -0.05) is 12.8 Å². The van der Waals surface area contributed by atoms with E-state index in [-0.39, 0.29) is 5.54 Å². The van der Waals surface area contributed by atoms with Crippen LogP contribution in [-0.4, -0.2) is 14.8 Å². The van der Waals surface area contributed by atoms with Crippen molar-refractivity contribution < 1.29 is 0 Å². The largest absolute Gasteiger partial charge is 0.312 e. The average Bonchev–Trinajstić information content (AvgIpc) is 2.72. The summed E-state index contributed by atoms with van der Waals surface area (Å²) < 4.78 is 2.27. The van der Waals surface area contributed by atoms with Gasteiger partial charge in [0.25, 0.3) is 0 Å². The Hall–Kier alpha value is -0.860. The molecule has 2 saturated carbocycles. The monoisotopic (exact) mass is 219 g/mol. The highest BCUT2D eigenvalue weighted by atomic mass is 15.3. The maximum atomic E-state index is 4.38. The Labute approximate surface area is 97.3 Å². The summed E-state index contributed by atoms with van der Waals surface area (Å²) in [6, 6.07) is 0. The Kier molecular flexibility index (Phi) is 2.13. The number of aromatic nitrogens is 3. The first-order valence-corrected chi connectivity index (χ1v) is 6.49. The van der Waals surface area contributed by atoms with Crippen molar-refractivity contribution in [2.75, 3.05) is 0 Å². The summed E-state index contributed by atoms with van der Waals surface area (Å²) in [6.45, 7) is 6.68. The van der Waals surface area contributed by atoms with Crippen LogP contribution in [-0.2, 0) is 5.54 Å². The maximum Gasteiger partial charge on any atom is 0.136 e. The second kappa shape index (κ2) is 3.31. The molecular weight excluding hydrogens is 198 g/mol. The fourth-order valence-electron chi connectivity index (χ4n) is 3.36. The SMILES string of the molecule is CC(C)(C)n1cnnc1C1C2CCCCC21. The first-order chi connectivity index (χ1) is 7.59. The molecule has 2 fully saturated rings. The molecule has 88 valence electrons. The van der Waals surface area contributed by atoms with E-state index >= 15 is 0 Å². The fraction of sp³-hybridized carbons (Fsp3) is 0.846. The number of fused-ring (bicyclic) bond motifs is 1. The molecule has 2 atom stereocenters. The molecule has 3 heteroatoms. The lowest BCUT2D eigenvalue weighted by atomic mass is 10.0. The van der Waals surface area contributed by atoms with Crippen molar-refractivity contribution in [2.24, 2.45) is 11.8 Å². The van der Waals surface area contributed by atoms with Crippen LogP contribution in [0.25, 0.3) is 0 Å². The zero-order valence-corrected chi connectivity index (χ0v) is 10.5. The minimum Gasteiger partial charge on any atom is -0.312 e. The smallest absolute Gasteiger partial charge is 0.136 e. The predicted octanol–water partition coefficient (Wildman–Crippen LogP) is 2.94. The molecule has 0 aliphatic heterocycles. The van der Waals surface area contributed by atoms with Crippen LogP contribution in [0.5, 0.6) is 0 Å². The van der Waals surface area contributed by atoms with Gasteiger partial charge in [0.15, 0.2) is 0 Å². The van der Waals surface area contributed by atoms with Crippen LogP contribution in [0.3, 0.4) is 0 Å². The van der Waals surface area contributed by atoms with E-state index in [1.165, 1.54) is 31.5 Å². The van der Waals surface area contributed by atoms with Crippen LogP contribution in [0.15, 0.2) is 6.33 Å². The molecule has 0 radical (unpaired) electrons. The first-order valence-electron chi connectivity index (χ1n) is 6.49. The molecular formula is C13H21N3. The van der Waals surface area contributed by atoms with Gasteiger partial charge in [0, 0.05) is 11.5 Å². The summed E-state index contributed by atoms with van der Waals surface area (Å²) in [5.74, 6) is 3.78. The van der Waals surface area contributed by atoms with Gasteiger partial charge in [0.1, 0.15) is 12.2 Å². The van der Waals surface area contributed by atoms with Crippen LogP contribution in [0.1, 0.15) is 58.2 Å². The zero-order valence-electron chi connectivity index (χ0n) is 10.5. The molecule has 0 spiro atoms. The lowest BCUT2D eigenvalue weighted by Crippen LogP contribution is -2.23. The van der Waals surface area contributed by atoms with Crippen molar-refractivity contribution in [3.05, 3.63) is 12.2 Å². The molecule has 0 amide bonds. The van der Waals surface area contributed by atoms with E-state index in [9.17, 15) is 0 Å². The highest BCUT2D eigenvalue weighted by Gasteiger charge is 2.54. The van der Waals surface area contributed by atoms with E-state index in [2.05, 4.69) is 35.5 Å². The molecule has 0 saturated heterocycles. The Morgan fingerprint density at radius 2 is 1.81 bits per heavy atom. The third kappa shape index (κ3) is 1.48. The first kappa shape index (κ1) is 10.3. The van der Waals surface area contributed by atoms with E-state index < -0.39 is 0 Å². The quantitative estimate of drug-likeness (QED) is 0.727. The van der Waals surface area contributed by atoms with E-state index in [0.717, 1.165) is 11.8 Å². The van der Waals surface area contributed by atoms with E-state index in [1.807, 2.05) is 6.33 Å². The van der Waals surface area contributed by atoms with Gasteiger partial charge in [0.2, 0.25) is 0 Å². The second-order valence-electron chi connectivity index (χ2n) is 6.37. The van der Waals surface area contributed by atoms with Gasteiger partial charge in [-0.2, -0.15) is 0 Å². The van der Waals surface area contributed by atoms with Crippen molar-refractivity contribution in [3.63, 3.8) is 0 Å². The Bertz CT molecular complexity index is 376. The lowest BCUT2D eigenvalue weighted by molar-refractivity contribution is 0.379. The van der Waals surface area contributed by atoms with Crippen molar-refractivity contribution in [3.8, 4) is 0 Å². The molecule has 2 aliphatic rings. The van der Waals surface area contributed by atoms with Gasteiger partial charge < -0.3 is 4.57 Å². The minimum absolute atomic E-state index is 0.116. The molecule has 0 aromatic carbocycles. The molecule has 0 bridgehead atoms. The topological polar surface area (TPSA) is 30.7 Å². The van der Waals surface area contributed by atoms with E-state index in [1.54, 1.807) is 0 Å². The number of nitrogens with zero attached hydrogens (tertiary/aromatic N) is 3. The normalized spacial score (nSPS) is 33.6.